The van der Waals surface area contributed by atoms with Crippen molar-refractivity contribution in [2.24, 2.45) is 5.73 Å². The first-order valence-corrected chi connectivity index (χ1v) is 5.13. The monoisotopic (exact) mass is 209 g/mol. The molecule has 1 unspecified atom stereocenters. The maximum atomic E-state index is 12.0. The number of nitrogens with two attached hydrogens (primary N) is 1. The van der Waals surface area contributed by atoms with Gasteiger partial charge in [-0.2, -0.15) is 0 Å². The standard InChI is InChI=1S/C10H15N3O2/c1-7-9(15-6-12-7)10(14)13-4-2-3-8(11)5-13/h6,8H,2-5,11H2,1H3. The Morgan fingerprint density at radius 3 is 3.13 bits per heavy atom. The van der Waals surface area contributed by atoms with Gasteiger partial charge in [0.15, 0.2) is 6.39 Å². The first kappa shape index (κ1) is 10.2. The second-order valence-electron chi connectivity index (χ2n) is 3.92. The van der Waals surface area contributed by atoms with Crippen molar-refractivity contribution >= 4 is 5.91 Å². The lowest BCUT2D eigenvalue weighted by Crippen LogP contribution is -2.45. The molecular weight excluding hydrogens is 194 g/mol. The van der Waals surface area contributed by atoms with Crippen LogP contribution in [0.2, 0.25) is 0 Å². The van der Waals surface area contributed by atoms with Crippen molar-refractivity contribution in [1.29, 1.82) is 0 Å². The predicted molar refractivity (Wildman–Crippen MR) is 54.4 cm³/mol. The van der Waals surface area contributed by atoms with Gasteiger partial charge in [0.05, 0.1) is 5.69 Å². The quantitative estimate of drug-likeness (QED) is 0.733. The number of carbonyl (C=O) groups is 1. The van der Waals surface area contributed by atoms with E-state index in [1.165, 1.54) is 6.39 Å². The maximum Gasteiger partial charge on any atom is 0.291 e. The van der Waals surface area contributed by atoms with Crippen molar-refractivity contribution in [1.82, 2.24) is 9.88 Å². The van der Waals surface area contributed by atoms with E-state index >= 15 is 0 Å². The van der Waals surface area contributed by atoms with Crippen LogP contribution in [-0.2, 0) is 0 Å². The summed E-state index contributed by atoms with van der Waals surface area (Å²) in [5.41, 5.74) is 6.45. The summed E-state index contributed by atoms with van der Waals surface area (Å²) in [6, 6.07) is 0.0888. The minimum Gasteiger partial charge on any atom is -0.438 e. The third-order valence-electron chi connectivity index (χ3n) is 2.68. The van der Waals surface area contributed by atoms with E-state index in [0.29, 0.717) is 18.0 Å². The lowest BCUT2D eigenvalue weighted by Gasteiger charge is -2.30. The Bertz CT molecular complexity index is 361. The van der Waals surface area contributed by atoms with Crippen LogP contribution in [0.5, 0.6) is 0 Å². The molecule has 2 heterocycles. The van der Waals surface area contributed by atoms with Gasteiger partial charge in [0.25, 0.3) is 5.91 Å². The van der Waals surface area contributed by atoms with Gasteiger partial charge in [-0.15, -0.1) is 0 Å². The number of nitrogens with zero attached hydrogens (tertiary/aromatic N) is 2. The Balaban J connectivity index is 2.11. The highest BCUT2D eigenvalue weighted by Gasteiger charge is 2.25. The van der Waals surface area contributed by atoms with Crippen molar-refractivity contribution in [3.05, 3.63) is 17.8 Å². The predicted octanol–water partition coefficient (Wildman–Crippen LogP) is 0.546. The third kappa shape index (κ3) is 2.02. The zero-order valence-corrected chi connectivity index (χ0v) is 8.77. The lowest BCUT2D eigenvalue weighted by atomic mass is 10.1. The molecule has 82 valence electrons. The van der Waals surface area contributed by atoms with Crippen LogP contribution < -0.4 is 5.73 Å². The van der Waals surface area contributed by atoms with Crippen molar-refractivity contribution in [3.8, 4) is 0 Å². The summed E-state index contributed by atoms with van der Waals surface area (Å²) >= 11 is 0. The molecule has 1 aliphatic rings. The molecule has 1 fully saturated rings. The SMILES string of the molecule is Cc1ncoc1C(=O)N1CCCC(N)C1. The van der Waals surface area contributed by atoms with Gasteiger partial charge in [-0.1, -0.05) is 0 Å². The number of aromatic nitrogens is 1. The highest BCUT2D eigenvalue weighted by Crippen LogP contribution is 2.14. The van der Waals surface area contributed by atoms with E-state index in [1.54, 1.807) is 11.8 Å². The third-order valence-corrected chi connectivity index (χ3v) is 2.68. The van der Waals surface area contributed by atoms with Crippen molar-refractivity contribution < 1.29 is 9.21 Å². The number of rotatable bonds is 1. The van der Waals surface area contributed by atoms with E-state index in [4.69, 9.17) is 10.2 Å². The summed E-state index contributed by atoms with van der Waals surface area (Å²) in [5.74, 6) is 0.240. The molecule has 0 saturated carbocycles. The molecule has 1 aliphatic heterocycles. The average Bonchev–Trinajstić information content (AvgIpc) is 2.63. The van der Waals surface area contributed by atoms with Crippen LogP contribution in [0.1, 0.15) is 29.1 Å². The van der Waals surface area contributed by atoms with E-state index in [2.05, 4.69) is 4.98 Å². The number of likely N-dealkylation sites (tertiary alicyclic amines) is 1. The van der Waals surface area contributed by atoms with Gasteiger partial charge in [0.2, 0.25) is 5.76 Å². The molecule has 2 rings (SSSR count). The number of piperidine rings is 1. The topological polar surface area (TPSA) is 72.4 Å². The highest BCUT2D eigenvalue weighted by atomic mass is 16.3. The van der Waals surface area contributed by atoms with Crippen molar-refractivity contribution in [2.75, 3.05) is 13.1 Å². The highest BCUT2D eigenvalue weighted by molar-refractivity contribution is 5.92. The van der Waals surface area contributed by atoms with Gasteiger partial charge in [-0.3, -0.25) is 4.79 Å². The molecule has 1 amide bonds. The lowest BCUT2D eigenvalue weighted by molar-refractivity contribution is 0.0675. The molecule has 15 heavy (non-hydrogen) atoms. The van der Waals surface area contributed by atoms with Gasteiger partial charge in [-0.05, 0) is 19.8 Å². The number of oxazole rings is 1. The molecule has 5 heteroatoms. The number of amides is 1. The summed E-state index contributed by atoms with van der Waals surface area (Å²) in [5, 5.41) is 0. The first-order chi connectivity index (χ1) is 7.18. The Hall–Kier alpha value is -1.36. The molecule has 1 atom stereocenters. The van der Waals surface area contributed by atoms with E-state index in [9.17, 15) is 4.79 Å². The second kappa shape index (κ2) is 4.02. The second-order valence-corrected chi connectivity index (χ2v) is 3.92. The van der Waals surface area contributed by atoms with Gasteiger partial charge < -0.3 is 15.1 Å². The zero-order valence-electron chi connectivity index (χ0n) is 8.77. The van der Waals surface area contributed by atoms with Crippen molar-refractivity contribution in [3.63, 3.8) is 0 Å². The molecule has 1 aromatic rings. The van der Waals surface area contributed by atoms with Crippen LogP contribution in [0.4, 0.5) is 0 Å². The van der Waals surface area contributed by atoms with Gasteiger partial charge in [0, 0.05) is 19.1 Å². The molecule has 0 aliphatic carbocycles. The van der Waals surface area contributed by atoms with Crippen LogP contribution in [-0.4, -0.2) is 34.9 Å². The van der Waals surface area contributed by atoms with Crippen molar-refractivity contribution in [2.45, 2.75) is 25.8 Å². The smallest absolute Gasteiger partial charge is 0.291 e. The average molecular weight is 209 g/mol. The normalized spacial score (nSPS) is 21.7. The van der Waals surface area contributed by atoms with Gasteiger partial charge in [-0.25, -0.2) is 4.98 Å². The Kier molecular flexibility index (Phi) is 2.73. The number of hydrogen-bond donors (Lipinski definition) is 1. The van der Waals surface area contributed by atoms with E-state index in [-0.39, 0.29) is 11.9 Å². The zero-order chi connectivity index (χ0) is 10.8. The Morgan fingerprint density at radius 2 is 2.53 bits per heavy atom. The summed E-state index contributed by atoms with van der Waals surface area (Å²) in [4.78, 5) is 17.6. The Labute approximate surface area is 88.3 Å². The largest absolute Gasteiger partial charge is 0.438 e. The van der Waals surface area contributed by atoms with Gasteiger partial charge in [0.1, 0.15) is 0 Å². The summed E-state index contributed by atoms with van der Waals surface area (Å²) in [6.45, 7) is 3.13. The molecule has 0 bridgehead atoms. The minimum atomic E-state index is -0.0971. The fourth-order valence-corrected chi connectivity index (χ4v) is 1.85. The number of aryl methyl sites for hydroxylation is 1. The molecule has 0 aromatic carbocycles. The number of carbonyl (C=O) groups excluding carboxylic acids is 1. The summed E-state index contributed by atoms with van der Waals surface area (Å²) < 4.78 is 5.07. The summed E-state index contributed by atoms with van der Waals surface area (Å²) in [6.07, 6.45) is 3.24. The molecule has 0 spiro atoms. The Morgan fingerprint density at radius 1 is 1.73 bits per heavy atom. The molecule has 5 nitrogen and oxygen atoms in total. The first-order valence-electron chi connectivity index (χ1n) is 5.13. The fraction of sp³-hybridized carbons (Fsp3) is 0.600. The van der Waals surface area contributed by atoms with Crippen LogP contribution in [0.25, 0.3) is 0 Å². The molecular formula is C10H15N3O2. The van der Waals surface area contributed by atoms with E-state index < -0.39 is 0 Å². The van der Waals surface area contributed by atoms with E-state index in [1.807, 2.05) is 0 Å². The van der Waals surface area contributed by atoms with E-state index in [0.717, 1.165) is 19.4 Å². The number of hydrogen-bond acceptors (Lipinski definition) is 4. The van der Waals surface area contributed by atoms with Crippen LogP contribution in [0.3, 0.4) is 0 Å². The summed E-state index contributed by atoms with van der Waals surface area (Å²) in [7, 11) is 0. The molecule has 2 N–H and O–H groups in total. The fourth-order valence-electron chi connectivity index (χ4n) is 1.85. The van der Waals surface area contributed by atoms with Crippen LogP contribution in [0, 0.1) is 6.92 Å². The van der Waals surface area contributed by atoms with Crippen LogP contribution in [0.15, 0.2) is 10.8 Å². The molecule has 1 saturated heterocycles. The molecule has 0 radical (unpaired) electrons. The molecule has 1 aromatic heterocycles. The van der Waals surface area contributed by atoms with Crippen LogP contribution >= 0.6 is 0 Å². The minimum absolute atomic E-state index is 0.0888. The maximum absolute atomic E-state index is 12.0. The van der Waals surface area contributed by atoms with Gasteiger partial charge >= 0.3 is 0 Å².